The lowest BCUT2D eigenvalue weighted by molar-refractivity contribution is -0.139. The van der Waals surface area contributed by atoms with E-state index in [1.54, 1.807) is 29.2 Å². The SMILES string of the molecule is O=C(O)CC1CCCN1C(=O)/C=C/c1cccc(Cl)c1Cl. The number of hydrogen-bond acceptors (Lipinski definition) is 2. The van der Waals surface area contributed by atoms with Crippen LogP contribution in [0.5, 0.6) is 0 Å². The Bertz CT molecular complexity index is 586. The number of carboxylic acid groups (broad SMARTS) is 1. The van der Waals surface area contributed by atoms with E-state index in [4.69, 9.17) is 28.3 Å². The fourth-order valence-electron chi connectivity index (χ4n) is 2.45. The Morgan fingerprint density at radius 1 is 1.38 bits per heavy atom. The van der Waals surface area contributed by atoms with Gasteiger partial charge in [0.15, 0.2) is 0 Å². The Balaban J connectivity index is 2.08. The van der Waals surface area contributed by atoms with Crippen molar-refractivity contribution in [2.75, 3.05) is 6.54 Å². The Hall–Kier alpha value is -1.52. The first-order chi connectivity index (χ1) is 9.99. The van der Waals surface area contributed by atoms with Crippen LogP contribution in [0.4, 0.5) is 0 Å². The molecule has 6 heteroatoms. The van der Waals surface area contributed by atoms with Crippen LogP contribution in [0.2, 0.25) is 10.0 Å². The number of halogens is 2. The van der Waals surface area contributed by atoms with E-state index in [0.717, 1.165) is 12.8 Å². The third-order valence-electron chi connectivity index (χ3n) is 3.46. The van der Waals surface area contributed by atoms with Gasteiger partial charge in [0.25, 0.3) is 0 Å². The second-order valence-electron chi connectivity index (χ2n) is 4.90. The molecule has 0 bridgehead atoms. The van der Waals surface area contributed by atoms with Crippen LogP contribution in [0.3, 0.4) is 0 Å². The highest BCUT2D eigenvalue weighted by atomic mass is 35.5. The lowest BCUT2D eigenvalue weighted by Crippen LogP contribution is -2.35. The number of hydrogen-bond donors (Lipinski definition) is 1. The minimum atomic E-state index is -0.887. The van der Waals surface area contributed by atoms with Crippen molar-refractivity contribution in [2.45, 2.75) is 25.3 Å². The zero-order chi connectivity index (χ0) is 15.4. The van der Waals surface area contributed by atoms with Gasteiger partial charge in [-0.05, 0) is 30.5 Å². The first kappa shape index (κ1) is 15.9. The highest BCUT2D eigenvalue weighted by molar-refractivity contribution is 6.42. The van der Waals surface area contributed by atoms with E-state index in [2.05, 4.69) is 0 Å². The summed E-state index contributed by atoms with van der Waals surface area (Å²) in [5.74, 6) is -1.09. The number of nitrogens with zero attached hydrogens (tertiary/aromatic N) is 1. The summed E-state index contributed by atoms with van der Waals surface area (Å²) in [4.78, 5) is 24.6. The highest BCUT2D eigenvalue weighted by Gasteiger charge is 2.29. The summed E-state index contributed by atoms with van der Waals surface area (Å²) in [7, 11) is 0. The van der Waals surface area contributed by atoms with Crippen molar-refractivity contribution in [3.05, 3.63) is 39.9 Å². The summed E-state index contributed by atoms with van der Waals surface area (Å²) in [5.41, 5.74) is 0.659. The van der Waals surface area contributed by atoms with Crippen molar-refractivity contribution in [1.82, 2.24) is 4.90 Å². The molecule has 1 aromatic rings. The van der Waals surface area contributed by atoms with Crippen LogP contribution in [0.1, 0.15) is 24.8 Å². The van der Waals surface area contributed by atoms with Crippen LogP contribution < -0.4 is 0 Å². The van der Waals surface area contributed by atoms with Gasteiger partial charge in [0, 0.05) is 18.7 Å². The normalized spacial score (nSPS) is 18.4. The number of carbonyl (C=O) groups excluding carboxylic acids is 1. The van der Waals surface area contributed by atoms with Crippen LogP contribution in [-0.2, 0) is 9.59 Å². The molecule has 1 aromatic carbocycles. The van der Waals surface area contributed by atoms with Crippen LogP contribution in [-0.4, -0.2) is 34.5 Å². The van der Waals surface area contributed by atoms with Crippen LogP contribution in [0, 0.1) is 0 Å². The van der Waals surface area contributed by atoms with Gasteiger partial charge in [-0.25, -0.2) is 0 Å². The van der Waals surface area contributed by atoms with E-state index in [0.29, 0.717) is 22.2 Å². The maximum atomic E-state index is 12.2. The van der Waals surface area contributed by atoms with Crippen LogP contribution in [0.25, 0.3) is 6.08 Å². The number of carbonyl (C=O) groups is 2. The lowest BCUT2D eigenvalue weighted by atomic mass is 10.1. The van der Waals surface area contributed by atoms with Crippen molar-refractivity contribution in [1.29, 1.82) is 0 Å². The molecule has 0 radical (unpaired) electrons. The molecule has 112 valence electrons. The van der Waals surface area contributed by atoms with Gasteiger partial charge in [0.05, 0.1) is 16.5 Å². The molecule has 0 aromatic heterocycles. The third kappa shape index (κ3) is 3.99. The average Bonchev–Trinajstić information content (AvgIpc) is 2.87. The number of rotatable bonds is 4. The zero-order valence-corrected chi connectivity index (χ0v) is 12.8. The minimum Gasteiger partial charge on any atom is -0.481 e. The largest absolute Gasteiger partial charge is 0.481 e. The fourth-order valence-corrected chi connectivity index (χ4v) is 2.82. The van der Waals surface area contributed by atoms with Gasteiger partial charge < -0.3 is 10.0 Å². The van der Waals surface area contributed by atoms with E-state index in [1.165, 1.54) is 6.08 Å². The molecular weight excluding hydrogens is 313 g/mol. The summed E-state index contributed by atoms with van der Waals surface area (Å²) in [6, 6.07) is 4.96. The maximum Gasteiger partial charge on any atom is 0.305 e. The maximum absolute atomic E-state index is 12.2. The molecule has 1 fully saturated rings. The standard InChI is InChI=1S/C15H15Cl2NO3/c16-12-5-1-3-10(15(12)17)6-7-13(19)18-8-2-4-11(18)9-14(20)21/h1,3,5-7,11H,2,4,8-9H2,(H,20,21)/b7-6+. The molecule has 1 aliphatic heterocycles. The first-order valence-corrected chi connectivity index (χ1v) is 7.39. The molecular formula is C15H15Cl2NO3. The molecule has 1 N–H and O–H groups in total. The van der Waals surface area contributed by atoms with Crippen molar-refractivity contribution in [3.63, 3.8) is 0 Å². The van der Waals surface area contributed by atoms with E-state index < -0.39 is 5.97 Å². The van der Waals surface area contributed by atoms with Gasteiger partial charge in [-0.3, -0.25) is 9.59 Å². The van der Waals surface area contributed by atoms with Crippen molar-refractivity contribution in [3.8, 4) is 0 Å². The van der Waals surface area contributed by atoms with Crippen LogP contribution in [0.15, 0.2) is 24.3 Å². The fraction of sp³-hybridized carbons (Fsp3) is 0.333. The van der Waals surface area contributed by atoms with Gasteiger partial charge >= 0.3 is 5.97 Å². The van der Waals surface area contributed by atoms with E-state index >= 15 is 0 Å². The summed E-state index contributed by atoms with van der Waals surface area (Å²) < 4.78 is 0. The summed E-state index contributed by atoms with van der Waals surface area (Å²) in [6.45, 7) is 0.588. The number of benzene rings is 1. The van der Waals surface area contributed by atoms with Crippen molar-refractivity contribution in [2.24, 2.45) is 0 Å². The Morgan fingerprint density at radius 3 is 2.86 bits per heavy atom. The van der Waals surface area contributed by atoms with Gasteiger partial charge in [-0.15, -0.1) is 0 Å². The molecule has 1 heterocycles. The molecule has 1 saturated heterocycles. The van der Waals surface area contributed by atoms with Crippen molar-refractivity contribution < 1.29 is 14.7 Å². The second-order valence-corrected chi connectivity index (χ2v) is 5.69. The smallest absolute Gasteiger partial charge is 0.305 e. The van der Waals surface area contributed by atoms with Crippen LogP contribution >= 0.6 is 23.2 Å². The van der Waals surface area contributed by atoms with Gasteiger partial charge in [-0.2, -0.15) is 0 Å². The molecule has 1 amide bonds. The summed E-state index contributed by atoms with van der Waals surface area (Å²) in [6.07, 6.45) is 4.56. The molecule has 1 atom stereocenters. The van der Waals surface area contributed by atoms with E-state index in [9.17, 15) is 9.59 Å². The zero-order valence-electron chi connectivity index (χ0n) is 11.3. The molecule has 21 heavy (non-hydrogen) atoms. The van der Waals surface area contributed by atoms with Gasteiger partial charge in [0.1, 0.15) is 0 Å². The monoisotopic (exact) mass is 327 g/mol. The Morgan fingerprint density at radius 2 is 2.14 bits per heavy atom. The molecule has 0 spiro atoms. The molecule has 1 aliphatic rings. The molecule has 1 unspecified atom stereocenters. The predicted octanol–water partition coefficient (Wildman–Crippen LogP) is 3.47. The third-order valence-corrected chi connectivity index (χ3v) is 4.29. The number of aliphatic carboxylic acids is 1. The van der Waals surface area contributed by atoms with E-state index in [1.807, 2.05) is 0 Å². The number of likely N-dealkylation sites (tertiary alicyclic amines) is 1. The second kappa shape index (κ2) is 6.96. The Labute approximate surface area is 133 Å². The van der Waals surface area contributed by atoms with Gasteiger partial charge in [-0.1, -0.05) is 35.3 Å². The topological polar surface area (TPSA) is 57.6 Å². The summed E-state index contributed by atoms with van der Waals surface area (Å²) in [5, 5.41) is 9.68. The molecule has 2 rings (SSSR count). The van der Waals surface area contributed by atoms with Gasteiger partial charge in [0.2, 0.25) is 5.91 Å². The van der Waals surface area contributed by atoms with Crippen molar-refractivity contribution >= 4 is 41.2 Å². The van der Waals surface area contributed by atoms with E-state index in [-0.39, 0.29) is 18.4 Å². The lowest BCUT2D eigenvalue weighted by Gasteiger charge is -2.21. The minimum absolute atomic E-state index is 0.0164. The molecule has 0 aliphatic carbocycles. The number of amides is 1. The molecule has 0 saturated carbocycles. The number of carboxylic acids is 1. The highest BCUT2D eigenvalue weighted by Crippen LogP contribution is 2.27. The molecule has 4 nitrogen and oxygen atoms in total. The average molecular weight is 328 g/mol. The summed E-state index contributed by atoms with van der Waals surface area (Å²) >= 11 is 12.0. The predicted molar refractivity (Wildman–Crippen MR) is 82.5 cm³/mol. The quantitative estimate of drug-likeness (QED) is 0.861. The Kier molecular flexibility index (Phi) is 5.26. The first-order valence-electron chi connectivity index (χ1n) is 6.63.